The van der Waals surface area contributed by atoms with Gasteiger partial charge in [0.1, 0.15) is 12.4 Å². The first-order valence-corrected chi connectivity index (χ1v) is 8.74. The van der Waals surface area contributed by atoms with Crippen LogP contribution in [-0.2, 0) is 17.6 Å². The molecule has 4 nitrogen and oxygen atoms in total. The molecule has 27 heavy (non-hydrogen) atoms. The number of hydrogen-bond donors (Lipinski definition) is 2. The van der Waals surface area contributed by atoms with E-state index in [9.17, 15) is 18.0 Å². The predicted octanol–water partition coefficient (Wildman–Crippen LogP) is 3.46. The van der Waals surface area contributed by atoms with Crippen LogP contribution in [-0.4, -0.2) is 19.0 Å². The molecule has 3 N–H and O–H groups in total. The zero-order valence-corrected chi connectivity index (χ0v) is 14.6. The van der Waals surface area contributed by atoms with Gasteiger partial charge < -0.3 is 15.8 Å². The molecule has 2 aromatic carbocycles. The third kappa shape index (κ3) is 4.60. The average Bonchev–Trinajstić information content (AvgIpc) is 2.66. The Labute approximate surface area is 155 Å². The van der Waals surface area contributed by atoms with Crippen LogP contribution in [0.25, 0.3) is 0 Å². The Kier molecular flexibility index (Phi) is 5.70. The number of alkyl halides is 3. The van der Waals surface area contributed by atoms with Gasteiger partial charge in [-0.25, -0.2) is 0 Å². The van der Waals surface area contributed by atoms with Gasteiger partial charge in [0.05, 0.1) is 11.5 Å². The van der Waals surface area contributed by atoms with Crippen molar-refractivity contribution in [2.24, 2.45) is 11.7 Å². The maximum absolute atomic E-state index is 13.0. The summed E-state index contributed by atoms with van der Waals surface area (Å²) in [6.45, 7) is 1.39. The smallest absolute Gasteiger partial charge is 0.419 e. The second kappa shape index (κ2) is 8.00. The molecule has 2 atom stereocenters. The molecule has 144 valence electrons. The van der Waals surface area contributed by atoms with Crippen LogP contribution >= 0.6 is 0 Å². The van der Waals surface area contributed by atoms with Crippen LogP contribution in [0.2, 0.25) is 0 Å². The predicted molar refractivity (Wildman–Crippen MR) is 95.1 cm³/mol. The number of benzene rings is 2. The molecular formula is C20H21F3N2O2. The van der Waals surface area contributed by atoms with E-state index in [2.05, 4.69) is 5.32 Å². The maximum atomic E-state index is 13.0. The number of para-hydroxylation sites is 1. The number of primary amides is 1. The van der Waals surface area contributed by atoms with Gasteiger partial charge in [0.15, 0.2) is 0 Å². The quantitative estimate of drug-likeness (QED) is 0.838. The summed E-state index contributed by atoms with van der Waals surface area (Å²) in [6.07, 6.45) is -3.65. The van der Waals surface area contributed by atoms with Gasteiger partial charge >= 0.3 is 6.18 Å². The van der Waals surface area contributed by atoms with Gasteiger partial charge in [0, 0.05) is 6.54 Å². The number of ether oxygens (including phenoxy) is 1. The second-order valence-corrected chi connectivity index (χ2v) is 6.63. The highest BCUT2D eigenvalue weighted by molar-refractivity contribution is 5.78. The summed E-state index contributed by atoms with van der Waals surface area (Å²) in [5.74, 6) is -0.742. The van der Waals surface area contributed by atoms with Crippen molar-refractivity contribution >= 4 is 5.91 Å². The summed E-state index contributed by atoms with van der Waals surface area (Å²) in [5, 5.41) is 3.17. The summed E-state index contributed by atoms with van der Waals surface area (Å²) in [7, 11) is 0. The van der Waals surface area contributed by atoms with Gasteiger partial charge in [-0.1, -0.05) is 36.4 Å². The van der Waals surface area contributed by atoms with Crippen LogP contribution in [0.3, 0.4) is 0 Å². The van der Waals surface area contributed by atoms with Crippen molar-refractivity contribution in [2.45, 2.75) is 25.1 Å². The summed E-state index contributed by atoms with van der Waals surface area (Å²) >= 11 is 0. The molecule has 0 radical (unpaired) electrons. The molecule has 1 amide bonds. The van der Waals surface area contributed by atoms with Crippen LogP contribution in [0, 0.1) is 5.92 Å². The normalized spacial score (nSPS) is 20.3. The molecule has 2 aromatic rings. The van der Waals surface area contributed by atoms with E-state index in [1.54, 1.807) is 0 Å². The van der Waals surface area contributed by atoms with E-state index in [-0.39, 0.29) is 30.1 Å². The molecule has 0 aromatic heterocycles. The highest BCUT2D eigenvalue weighted by Gasteiger charge is 2.34. The standard InChI is InChI=1S/C20H21F3N2O2/c21-20(22,23)17-3-1-2-4-18(17)27-12-13-5-7-14(8-6-13)15-9-10-25-11-16(15)19(24)26/h1-8,15-16,25H,9-12H2,(H2,24,26). The molecule has 1 fully saturated rings. The van der Waals surface area contributed by atoms with Crippen LogP contribution < -0.4 is 15.8 Å². The number of amides is 1. The molecule has 1 aliphatic rings. The maximum Gasteiger partial charge on any atom is 0.419 e. The Bertz CT molecular complexity index is 791. The van der Waals surface area contributed by atoms with Gasteiger partial charge in [-0.3, -0.25) is 4.79 Å². The number of nitrogens with one attached hydrogen (secondary N) is 1. The Balaban J connectivity index is 1.69. The third-order valence-corrected chi connectivity index (χ3v) is 4.84. The van der Waals surface area contributed by atoms with Crippen molar-refractivity contribution in [3.8, 4) is 5.75 Å². The highest BCUT2D eigenvalue weighted by Crippen LogP contribution is 2.36. The molecule has 1 saturated heterocycles. The number of carbonyl (C=O) groups excluding carboxylic acids is 1. The lowest BCUT2D eigenvalue weighted by Gasteiger charge is -2.30. The number of rotatable bonds is 5. The zero-order valence-electron chi connectivity index (χ0n) is 14.6. The van der Waals surface area contributed by atoms with E-state index >= 15 is 0 Å². The molecule has 0 saturated carbocycles. The van der Waals surface area contributed by atoms with Crippen LogP contribution in [0.5, 0.6) is 5.75 Å². The van der Waals surface area contributed by atoms with Crippen LogP contribution in [0.1, 0.15) is 29.0 Å². The van der Waals surface area contributed by atoms with Crippen molar-refractivity contribution in [1.29, 1.82) is 0 Å². The van der Waals surface area contributed by atoms with Crippen molar-refractivity contribution in [3.63, 3.8) is 0 Å². The van der Waals surface area contributed by atoms with Crippen LogP contribution in [0.15, 0.2) is 48.5 Å². The Hall–Kier alpha value is -2.54. The minimum atomic E-state index is -4.46. The first-order chi connectivity index (χ1) is 12.9. The Morgan fingerprint density at radius 2 is 1.85 bits per heavy atom. The van der Waals surface area contributed by atoms with E-state index in [0.717, 1.165) is 30.2 Å². The molecule has 2 unspecified atom stereocenters. The summed E-state index contributed by atoms with van der Waals surface area (Å²) in [4.78, 5) is 11.6. The lowest BCUT2D eigenvalue weighted by atomic mass is 9.80. The molecule has 1 aliphatic heterocycles. The second-order valence-electron chi connectivity index (χ2n) is 6.63. The van der Waals surface area contributed by atoms with Crippen molar-refractivity contribution < 1.29 is 22.7 Å². The molecule has 3 rings (SSSR count). The molecule has 0 aliphatic carbocycles. The van der Waals surface area contributed by atoms with Crippen LogP contribution in [0.4, 0.5) is 13.2 Å². The van der Waals surface area contributed by atoms with Gasteiger partial charge in [-0.2, -0.15) is 13.2 Å². The minimum absolute atomic E-state index is 0.0266. The van der Waals surface area contributed by atoms with Crippen molar-refractivity contribution in [2.75, 3.05) is 13.1 Å². The summed E-state index contributed by atoms with van der Waals surface area (Å²) < 4.78 is 44.4. The van der Waals surface area contributed by atoms with E-state index in [4.69, 9.17) is 10.5 Å². The third-order valence-electron chi connectivity index (χ3n) is 4.84. The van der Waals surface area contributed by atoms with Gasteiger partial charge in [0.2, 0.25) is 5.91 Å². The van der Waals surface area contributed by atoms with E-state index in [1.165, 1.54) is 18.2 Å². The zero-order chi connectivity index (χ0) is 19.4. The van der Waals surface area contributed by atoms with Crippen molar-refractivity contribution in [1.82, 2.24) is 5.32 Å². The average molecular weight is 378 g/mol. The molecule has 0 bridgehead atoms. The van der Waals surface area contributed by atoms with E-state index < -0.39 is 11.7 Å². The number of hydrogen-bond acceptors (Lipinski definition) is 3. The number of piperidine rings is 1. The Morgan fingerprint density at radius 3 is 2.52 bits per heavy atom. The monoisotopic (exact) mass is 378 g/mol. The minimum Gasteiger partial charge on any atom is -0.488 e. The topological polar surface area (TPSA) is 64.4 Å². The molecular weight excluding hydrogens is 357 g/mol. The molecule has 7 heteroatoms. The van der Waals surface area contributed by atoms with E-state index in [1.807, 2.05) is 24.3 Å². The first-order valence-electron chi connectivity index (χ1n) is 8.74. The fourth-order valence-electron chi connectivity index (χ4n) is 3.41. The summed E-state index contributed by atoms with van der Waals surface area (Å²) in [5.41, 5.74) is 6.45. The number of halogens is 3. The van der Waals surface area contributed by atoms with E-state index in [0.29, 0.717) is 6.54 Å². The highest BCUT2D eigenvalue weighted by atomic mass is 19.4. The summed E-state index contributed by atoms with van der Waals surface area (Å²) in [6, 6.07) is 12.6. The number of nitrogens with two attached hydrogens (primary N) is 1. The fourth-order valence-corrected chi connectivity index (χ4v) is 3.41. The lowest BCUT2D eigenvalue weighted by molar-refractivity contribution is -0.139. The fraction of sp³-hybridized carbons (Fsp3) is 0.350. The largest absolute Gasteiger partial charge is 0.488 e. The molecule has 1 heterocycles. The number of carbonyl (C=O) groups is 1. The Morgan fingerprint density at radius 1 is 1.15 bits per heavy atom. The lowest BCUT2D eigenvalue weighted by Crippen LogP contribution is -2.42. The SMILES string of the molecule is NC(=O)C1CNCCC1c1ccc(COc2ccccc2C(F)(F)F)cc1. The van der Waals surface area contributed by atoms with Gasteiger partial charge in [-0.05, 0) is 42.1 Å². The first kappa shape index (κ1) is 19.2. The molecule has 0 spiro atoms. The van der Waals surface area contributed by atoms with Gasteiger partial charge in [-0.15, -0.1) is 0 Å². The van der Waals surface area contributed by atoms with Gasteiger partial charge in [0.25, 0.3) is 0 Å². The van der Waals surface area contributed by atoms with Crippen molar-refractivity contribution in [3.05, 3.63) is 65.2 Å².